The molecule has 0 rings (SSSR count). The summed E-state index contributed by atoms with van der Waals surface area (Å²) >= 11 is 0. The van der Waals surface area contributed by atoms with Crippen molar-refractivity contribution in [1.29, 1.82) is 0 Å². The Balaban J connectivity index is 5.21. The fraction of sp³-hybridized carbons (Fsp3) is 0.600. The lowest BCUT2D eigenvalue weighted by atomic mass is 10.0. The molecule has 0 bridgehead atoms. The maximum atomic E-state index is 11.3. The smallest absolute Gasteiger partial charge is 0.450 e. The summed E-state index contributed by atoms with van der Waals surface area (Å²) in [6.45, 7) is -0.146. The van der Waals surface area contributed by atoms with Gasteiger partial charge in [0, 0.05) is 0 Å². The van der Waals surface area contributed by atoms with Crippen molar-refractivity contribution < 1.29 is 58.9 Å². The van der Waals surface area contributed by atoms with Crippen molar-refractivity contribution in [2.45, 2.75) is 31.3 Å². The first-order valence-electron chi connectivity index (χ1n) is 5.57. The highest BCUT2D eigenvalue weighted by atomic mass is 16.7. The molecular formula is C10H14O12. The van der Waals surface area contributed by atoms with Crippen LogP contribution in [0.5, 0.6) is 0 Å². The normalized spacial score (nSPS) is 15.8. The van der Waals surface area contributed by atoms with Crippen LogP contribution in [0.25, 0.3) is 0 Å². The predicted molar refractivity (Wildman–Crippen MR) is 62.5 cm³/mol. The van der Waals surface area contributed by atoms with Gasteiger partial charge in [-0.05, 0) is 6.92 Å². The van der Waals surface area contributed by atoms with Crippen LogP contribution in [-0.4, -0.2) is 80.8 Å². The molecule has 0 spiro atoms. The molecule has 0 saturated heterocycles. The number of hydrogen-bond donors (Lipinski definition) is 5. The predicted octanol–water partition coefficient (Wildman–Crippen LogP) is -0.882. The Morgan fingerprint density at radius 1 is 0.909 bits per heavy atom. The van der Waals surface area contributed by atoms with Gasteiger partial charge in [-0.1, -0.05) is 0 Å². The molecule has 0 amide bonds. The van der Waals surface area contributed by atoms with E-state index in [9.17, 15) is 29.4 Å². The molecule has 0 fully saturated rings. The average molecular weight is 326 g/mol. The first-order chi connectivity index (χ1) is 10.1. The second kappa shape index (κ2) is 8.63. The molecule has 5 N–H and O–H groups in total. The first kappa shape index (κ1) is 19.4. The molecule has 4 unspecified atom stereocenters. The molecule has 0 aliphatic heterocycles. The van der Waals surface area contributed by atoms with Crippen LogP contribution in [0, 0.1) is 0 Å². The summed E-state index contributed by atoms with van der Waals surface area (Å²) in [5.74, 6) is -1.01. The molecule has 0 aromatic carbocycles. The van der Waals surface area contributed by atoms with Gasteiger partial charge >= 0.3 is 18.5 Å². The maximum Gasteiger partial charge on any atom is 0.506 e. The number of Topliss-reactive ketones (excluding diaryl/α,β-unsaturated/α-hetero) is 1. The third-order valence-electron chi connectivity index (χ3n) is 2.27. The third-order valence-corrected chi connectivity index (χ3v) is 2.27. The van der Waals surface area contributed by atoms with E-state index in [2.05, 4.69) is 14.2 Å². The van der Waals surface area contributed by atoms with Crippen molar-refractivity contribution in [2.24, 2.45) is 0 Å². The third kappa shape index (κ3) is 6.71. The second-order valence-electron chi connectivity index (χ2n) is 3.90. The van der Waals surface area contributed by atoms with Gasteiger partial charge in [0.15, 0.2) is 11.9 Å². The van der Waals surface area contributed by atoms with Crippen molar-refractivity contribution in [3.63, 3.8) is 0 Å². The number of aliphatic hydroxyl groups excluding tert-OH is 2. The van der Waals surface area contributed by atoms with E-state index < -0.39 is 55.3 Å². The molecular weight excluding hydrogens is 312 g/mol. The van der Waals surface area contributed by atoms with Crippen molar-refractivity contribution in [3.05, 3.63) is 0 Å². The van der Waals surface area contributed by atoms with Gasteiger partial charge in [0.25, 0.3) is 0 Å². The van der Waals surface area contributed by atoms with Crippen molar-refractivity contribution >= 4 is 24.2 Å². The molecule has 0 aliphatic carbocycles. The minimum atomic E-state index is -2.19. The summed E-state index contributed by atoms with van der Waals surface area (Å²) in [4.78, 5) is 42.5. The Hall–Kier alpha value is -2.60. The molecule has 0 radical (unpaired) electrons. The van der Waals surface area contributed by atoms with E-state index in [4.69, 9.17) is 15.3 Å². The van der Waals surface area contributed by atoms with E-state index in [1.807, 2.05) is 0 Å². The maximum absolute atomic E-state index is 11.3. The van der Waals surface area contributed by atoms with Gasteiger partial charge in [0.1, 0.15) is 18.8 Å². The number of aliphatic hydroxyl groups is 2. The minimum absolute atomic E-state index is 0.832. The largest absolute Gasteiger partial charge is 0.506 e. The molecule has 12 heteroatoms. The van der Waals surface area contributed by atoms with Gasteiger partial charge in [0.2, 0.25) is 6.10 Å². The first-order valence-corrected chi connectivity index (χ1v) is 5.57. The molecule has 0 heterocycles. The molecule has 4 atom stereocenters. The van der Waals surface area contributed by atoms with Crippen LogP contribution in [0.1, 0.15) is 6.92 Å². The molecule has 22 heavy (non-hydrogen) atoms. The summed E-state index contributed by atoms with van der Waals surface area (Å²) in [5.41, 5.74) is 0. The monoisotopic (exact) mass is 326 g/mol. The van der Waals surface area contributed by atoms with Gasteiger partial charge in [-0.3, -0.25) is 4.79 Å². The quantitative estimate of drug-likeness (QED) is 0.273. The summed E-state index contributed by atoms with van der Waals surface area (Å²) < 4.78 is 12.2. The Morgan fingerprint density at radius 2 is 1.41 bits per heavy atom. The van der Waals surface area contributed by atoms with E-state index in [0.29, 0.717) is 0 Å². The van der Waals surface area contributed by atoms with Crippen LogP contribution in [-0.2, 0) is 19.0 Å². The summed E-state index contributed by atoms with van der Waals surface area (Å²) in [5, 5.41) is 44.5. The van der Waals surface area contributed by atoms with Gasteiger partial charge < -0.3 is 39.7 Å². The second-order valence-corrected chi connectivity index (χ2v) is 3.90. The van der Waals surface area contributed by atoms with E-state index in [1.54, 1.807) is 0 Å². The highest BCUT2D eigenvalue weighted by molar-refractivity contribution is 5.83. The van der Waals surface area contributed by atoms with E-state index in [-0.39, 0.29) is 0 Å². The fourth-order valence-electron chi connectivity index (χ4n) is 1.39. The molecule has 12 nitrogen and oxygen atoms in total. The summed E-state index contributed by atoms with van der Waals surface area (Å²) in [6.07, 6.45) is -14.1. The van der Waals surface area contributed by atoms with E-state index >= 15 is 0 Å². The lowest BCUT2D eigenvalue weighted by molar-refractivity contribution is -0.151. The van der Waals surface area contributed by atoms with Crippen molar-refractivity contribution in [2.75, 3.05) is 6.61 Å². The summed E-state index contributed by atoms with van der Waals surface area (Å²) in [6, 6.07) is 0. The Labute approximate surface area is 122 Å². The number of ether oxygens (including phenoxy) is 3. The standard InChI is InChI=1S/C10H14O12/c1-3(11)6(21-9(16)17)7(22-10(18)19)5(13)4(12)2-20-8(14)15/h4-7,12-13H,2H2,1H3,(H,14,15)(H,16,17)(H,18,19). The number of carboxylic acid groups (broad SMARTS) is 3. The van der Waals surface area contributed by atoms with Crippen LogP contribution >= 0.6 is 0 Å². The molecule has 0 aliphatic rings. The van der Waals surface area contributed by atoms with Crippen molar-refractivity contribution in [1.82, 2.24) is 0 Å². The van der Waals surface area contributed by atoms with Crippen LogP contribution in [0.2, 0.25) is 0 Å². The zero-order chi connectivity index (χ0) is 17.4. The number of ketones is 1. The summed E-state index contributed by atoms with van der Waals surface area (Å²) in [7, 11) is 0. The molecule has 0 aromatic heterocycles. The molecule has 0 aromatic rings. The highest BCUT2D eigenvalue weighted by Crippen LogP contribution is 2.15. The number of carbonyl (C=O) groups excluding carboxylic acids is 1. The molecule has 126 valence electrons. The topological polar surface area (TPSA) is 197 Å². The van der Waals surface area contributed by atoms with E-state index in [1.165, 1.54) is 0 Å². The zero-order valence-corrected chi connectivity index (χ0v) is 11.1. The number of hydrogen-bond acceptors (Lipinski definition) is 9. The van der Waals surface area contributed by atoms with Gasteiger partial charge in [-0.15, -0.1) is 0 Å². The zero-order valence-electron chi connectivity index (χ0n) is 11.1. The SMILES string of the molecule is CC(=O)C(OC(=O)O)C(OC(=O)O)C(O)C(O)COC(=O)O. The number of carbonyl (C=O) groups is 4. The van der Waals surface area contributed by atoms with Crippen LogP contribution in [0.4, 0.5) is 14.4 Å². The van der Waals surface area contributed by atoms with Gasteiger partial charge in [0.05, 0.1) is 0 Å². The lowest BCUT2D eigenvalue weighted by Crippen LogP contribution is -2.52. The van der Waals surface area contributed by atoms with Crippen LogP contribution in [0.15, 0.2) is 0 Å². The Morgan fingerprint density at radius 3 is 1.77 bits per heavy atom. The Bertz CT molecular complexity index is 432. The van der Waals surface area contributed by atoms with Crippen molar-refractivity contribution in [3.8, 4) is 0 Å². The van der Waals surface area contributed by atoms with Crippen LogP contribution in [0.3, 0.4) is 0 Å². The van der Waals surface area contributed by atoms with Gasteiger partial charge in [-0.25, -0.2) is 14.4 Å². The Kier molecular flexibility index (Phi) is 7.61. The average Bonchev–Trinajstić information content (AvgIpc) is 2.38. The van der Waals surface area contributed by atoms with Crippen LogP contribution < -0.4 is 0 Å². The minimum Gasteiger partial charge on any atom is -0.450 e. The fourth-order valence-corrected chi connectivity index (χ4v) is 1.39. The van der Waals surface area contributed by atoms with E-state index in [0.717, 1.165) is 6.92 Å². The lowest BCUT2D eigenvalue weighted by Gasteiger charge is -2.29. The number of rotatable bonds is 8. The molecule has 0 saturated carbocycles. The highest BCUT2D eigenvalue weighted by Gasteiger charge is 2.41. The van der Waals surface area contributed by atoms with Gasteiger partial charge in [-0.2, -0.15) is 0 Å².